The Kier molecular flexibility index (Phi) is 3.23. The van der Waals surface area contributed by atoms with Gasteiger partial charge in [-0.05, 0) is 5.56 Å². The van der Waals surface area contributed by atoms with E-state index >= 15 is 0 Å². The van der Waals surface area contributed by atoms with Crippen LogP contribution < -0.4 is 11.1 Å². The molecule has 3 heteroatoms. The van der Waals surface area contributed by atoms with Crippen molar-refractivity contribution in [3.63, 3.8) is 0 Å². The van der Waals surface area contributed by atoms with Crippen molar-refractivity contribution in [1.82, 2.24) is 5.32 Å². The number of carbonyl (C=O) groups excluding carboxylic acids is 1. The molecule has 0 spiro atoms. The van der Waals surface area contributed by atoms with Crippen LogP contribution in [-0.4, -0.2) is 12.6 Å². The van der Waals surface area contributed by atoms with Crippen LogP contribution in [0.25, 0.3) is 5.57 Å². The lowest BCUT2D eigenvalue weighted by atomic mass is 10.1. The summed E-state index contributed by atoms with van der Waals surface area (Å²) in [6.45, 7) is 3.81. The lowest BCUT2D eigenvalue weighted by Gasteiger charge is -2.04. The number of hydrogen-bond donors (Lipinski definition) is 2. The minimum absolute atomic E-state index is 0.130. The second-order valence-corrected chi connectivity index (χ2v) is 2.55. The summed E-state index contributed by atoms with van der Waals surface area (Å²) in [7, 11) is 0. The van der Waals surface area contributed by atoms with Gasteiger partial charge in [-0.2, -0.15) is 0 Å². The Morgan fingerprint density at radius 1 is 1.38 bits per heavy atom. The Hall–Kier alpha value is -1.61. The molecule has 13 heavy (non-hydrogen) atoms. The van der Waals surface area contributed by atoms with Gasteiger partial charge in [0.15, 0.2) is 0 Å². The van der Waals surface area contributed by atoms with E-state index in [9.17, 15) is 4.79 Å². The van der Waals surface area contributed by atoms with Crippen molar-refractivity contribution in [2.45, 2.75) is 0 Å². The van der Waals surface area contributed by atoms with E-state index in [1.165, 1.54) is 0 Å². The molecule has 0 atom stereocenters. The first-order chi connectivity index (χ1) is 6.25. The molecule has 1 aromatic rings. The maximum Gasteiger partial charge on any atom is 0.252 e. The molecule has 0 bridgehead atoms. The summed E-state index contributed by atoms with van der Waals surface area (Å²) in [5.74, 6) is -0.228. The van der Waals surface area contributed by atoms with Crippen LogP contribution >= 0.6 is 0 Å². The smallest absolute Gasteiger partial charge is 0.252 e. The fourth-order valence-corrected chi connectivity index (χ4v) is 0.970. The van der Waals surface area contributed by atoms with Crippen LogP contribution in [0.2, 0.25) is 0 Å². The van der Waals surface area contributed by atoms with Gasteiger partial charge in [-0.1, -0.05) is 36.9 Å². The Balaban J connectivity index is 2.74. The van der Waals surface area contributed by atoms with Crippen LogP contribution in [-0.2, 0) is 4.79 Å². The van der Waals surface area contributed by atoms with E-state index in [-0.39, 0.29) is 12.6 Å². The second kappa shape index (κ2) is 4.42. The van der Waals surface area contributed by atoms with Crippen LogP contribution in [0.5, 0.6) is 0 Å². The summed E-state index contributed by atoms with van der Waals surface area (Å²) >= 11 is 0. The van der Waals surface area contributed by atoms with Gasteiger partial charge in [0.2, 0.25) is 0 Å². The standard InChI is InChI=1S/C10H12N2O/c1-8(10(13)12-7-11)9-5-3-2-4-6-9/h2-6H,1,7,11H2,(H,12,13). The van der Waals surface area contributed by atoms with E-state index in [2.05, 4.69) is 11.9 Å². The van der Waals surface area contributed by atoms with Crippen molar-refractivity contribution in [2.24, 2.45) is 5.73 Å². The fourth-order valence-electron chi connectivity index (χ4n) is 0.970. The molecule has 0 unspecified atom stereocenters. The van der Waals surface area contributed by atoms with Crippen molar-refractivity contribution < 1.29 is 4.79 Å². The third kappa shape index (κ3) is 2.42. The van der Waals surface area contributed by atoms with Crippen molar-refractivity contribution in [2.75, 3.05) is 6.67 Å². The quantitative estimate of drug-likeness (QED) is 0.527. The molecule has 0 aliphatic rings. The van der Waals surface area contributed by atoms with E-state index in [0.29, 0.717) is 5.57 Å². The SMILES string of the molecule is C=C(C(=O)NCN)c1ccccc1. The molecule has 3 N–H and O–H groups in total. The molecule has 0 aliphatic carbocycles. The molecule has 0 aliphatic heterocycles. The van der Waals surface area contributed by atoms with Gasteiger partial charge >= 0.3 is 0 Å². The molecule has 0 saturated heterocycles. The molecule has 0 radical (unpaired) electrons. The van der Waals surface area contributed by atoms with Crippen molar-refractivity contribution in [3.05, 3.63) is 42.5 Å². The van der Waals surface area contributed by atoms with Gasteiger partial charge < -0.3 is 11.1 Å². The van der Waals surface area contributed by atoms with Crippen LogP contribution in [0, 0.1) is 0 Å². The molecular formula is C10H12N2O. The van der Waals surface area contributed by atoms with Gasteiger partial charge in [0.1, 0.15) is 0 Å². The summed E-state index contributed by atoms with van der Waals surface area (Å²) in [6.07, 6.45) is 0. The van der Waals surface area contributed by atoms with Gasteiger partial charge in [-0.25, -0.2) is 0 Å². The lowest BCUT2D eigenvalue weighted by Crippen LogP contribution is -2.29. The fraction of sp³-hybridized carbons (Fsp3) is 0.100. The molecule has 0 heterocycles. The minimum Gasteiger partial charge on any atom is -0.340 e. The first kappa shape index (κ1) is 9.48. The molecule has 0 aromatic heterocycles. The Morgan fingerprint density at radius 3 is 2.54 bits per heavy atom. The van der Waals surface area contributed by atoms with Gasteiger partial charge in [0, 0.05) is 5.57 Å². The summed E-state index contributed by atoms with van der Waals surface area (Å²) in [5, 5.41) is 2.48. The van der Waals surface area contributed by atoms with E-state index < -0.39 is 0 Å². The lowest BCUT2D eigenvalue weighted by molar-refractivity contribution is -0.115. The first-order valence-electron chi connectivity index (χ1n) is 3.98. The molecule has 0 saturated carbocycles. The van der Waals surface area contributed by atoms with Crippen molar-refractivity contribution in [1.29, 1.82) is 0 Å². The topological polar surface area (TPSA) is 55.1 Å². The highest BCUT2D eigenvalue weighted by Crippen LogP contribution is 2.10. The van der Waals surface area contributed by atoms with E-state index in [0.717, 1.165) is 5.56 Å². The number of nitrogens with two attached hydrogens (primary N) is 1. The predicted octanol–water partition coefficient (Wildman–Crippen LogP) is 0.732. The second-order valence-electron chi connectivity index (χ2n) is 2.55. The highest BCUT2D eigenvalue weighted by atomic mass is 16.1. The van der Waals surface area contributed by atoms with E-state index in [1.54, 1.807) is 0 Å². The Bertz CT molecular complexity index is 306. The molecule has 1 aromatic carbocycles. The minimum atomic E-state index is -0.228. The zero-order valence-electron chi connectivity index (χ0n) is 7.29. The monoisotopic (exact) mass is 176 g/mol. The number of carbonyl (C=O) groups is 1. The molecule has 1 rings (SSSR count). The maximum atomic E-state index is 11.3. The molecular weight excluding hydrogens is 164 g/mol. The van der Waals surface area contributed by atoms with Crippen molar-refractivity contribution in [3.8, 4) is 0 Å². The van der Waals surface area contributed by atoms with Crippen LogP contribution in [0.15, 0.2) is 36.9 Å². The molecule has 3 nitrogen and oxygen atoms in total. The molecule has 1 amide bonds. The van der Waals surface area contributed by atoms with Crippen LogP contribution in [0.3, 0.4) is 0 Å². The highest BCUT2D eigenvalue weighted by molar-refractivity contribution is 6.18. The average molecular weight is 176 g/mol. The highest BCUT2D eigenvalue weighted by Gasteiger charge is 2.06. The molecule has 68 valence electrons. The summed E-state index contributed by atoms with van der Waals surface area (Å²) in [6, 6.07) is 9.26. The zero-order chi connectivity index (χ0) is 9.68. The first-order valence-corrected chi connectivity index (χ1v) is 3.98. The number of hydrogen-bond acceptors (Lipinski definition) is 2. The van der Waals surface area contributed by atoms with Gasteiger partial charge in [0.25, 0.3) is 5.91 Å². The summed E-state index contributed by atoms with van der Waals surface area (Å²) in [5.41, 5.74) is 6.42. The number of amides is 1. The summed E-state index contributed by atoms with van der Waals surface area (Å²) < 4.78 is 0. The normalized spacial score (nSPS) is 9.31. The average Bonchev–Trinajstić information content (AvgIpc) is 2.18. The number of benzene rings is 1. The van der Waals surface area contributed by atoms with Gasteiger partial charge in [-0.15, -0.1) is 0 Å². The Labute approximate surface area is 77.3 Å². The Morgan fingerprint density at radius 2 is 2.00 bits per heavy atom. The van der Waals surface area contributed by atoms with Crippen LogP contribution in [0.4, 0.5) is 0 Å². The van der Waals surface area contributed by atoms with E-state index in [4.69, 9.17) is 5.73 Å². The predicted molar refractivity (Wildman–Crippen MR) is 52.7 cm³/mol. The summed E-state index contributed by atoms with van der Waals surface area (Å²) in [4.78, 5) is 11.3. The van der Waals surface area contributed by atoms with E-state index in [1.807, 2.05) is 30.3 Å². The molecule has 0 fully saturated rings. The third-order valence-electron chi connectivity index (χ3n) is 1.66. The van der Waals surface area contributed by atoms with Crippen molar-refractivity contribution >= 4 is 11.5 Å². The number of nitrogens with one attached hydrogen (secondary N) is 1. The van der Waals surface area contributed by atoms with Gasteiger partial charge in [-0.3, -0.25) is 4.79 Å². The van der Waals surface area contributed by atoms with Crippen LogP contribution in [0.1, 0.15) is 5.56 Å². The zero-order valence-corrected chi connectivity index (χ0v) is 7.29. The number of rotatable bonds is 3. The van der Waals surface area contributed by atoms with Gasteiger partial charge in [0.05, 0.1) is 6.67 Å². The third-order valence-corrected chi connectivity index (χ3v) is 1.66. The largest absolute Gasteiger partial charge is 0.340 e. The maximum absolute atomic E-state index is 11.3.